The van der Waals surface area contributed by atoms with Gasteiger partial charge in [0.1, 0.15) is 0 Å². The monoisotopic (exact) mass is 304 g/mol. The number of amides is 2. The Morgan fingerprint density at radius 2 is 1.59 bits per heavy atom. The molecule has 0 atom stereocenters. The van der Waals surface area contributed by atoms with Gasteiger partial charge in [-0.15, -0.1) is 0 Å². The zero-order chi connectivity index (χ0) is 16.5. The Balaban J connectivity index is 2.85. The van der Waals surface area contributed by atoms with Gasteiger partial charge in [0.05, 0.1) is 14.2 Å². The van der Waals surface area contributed by atoms with Crippen LogP contribution in [0.4, 0.5) is 0 Å². The highest BCUT2D eigenvalue weighted by Crippen LogP contribution is 2.36. The first kappa shape index (κ1) is 15.6. The maximum Gasteiger partial charge on any atom is 0.264 e. The van der Waals surface area contributed by atoms with E-state index >= 15 is 0 Å². The number of fused-ring (bicyclic) bond motifs is 1. The Morgan fingerprint density at radius 1 is 1.05 bits per heavy atom. The molecule has 0 saturated heterocycles. The number of hydrogen-bond donors (Lipinski definition) is 3. The number of benzene rings is 2. The average Bonchev–Trinajstić information content (AvgIpc) is 2.51. The van der Waals surface area contributed by atoms with E-state index in [1.165, 1.54) is 20.3 Å². The standard InChI is InChI=1S/C15H16N2O5/c1-21-11-6-8-4-3-5-10(9(8)7-12(11)22-2)15(20,13(16)18)14(17)19/h3-7,20H,1-2H3,(H2,16,18)(H2,17,19). The van der Waals surface area contributed by atoms with E-state index in [4.69, 9.17) is 20.9 Å². The van der Waals surface area contributed by atoms with Gasteiger partial charge in [-0.2, -0.15) is 0 Å². The molecule has 2 rings (SSSR count). The molecule has 0 heterocycles. The predicted octanol–water partition coefficient (Wildman–Crippen LogP) is 0.0152. The second-order valence-corrected chi connectivity index (χ2v) is 4.67. The van der Waals surface area contributed by atoms with Crippen molar-refractivity contribution in [1.29, 1.82) is 0 Å². The number of primary amides is 2. The lowest BCUT2D eigenvalue weighted by Gasteiger charge is -2.23. The Labute approximate surface area is 126 Å². The summed E-state index contributed by atoms with van der Waals surface area (Å²) in [6.45, 7) is 0. The Kier molecular flexibility index (Phi) is 3.92. The molecule has 22 heavy (non-hydrogen) atoms. The Bertz CT molecular complexity index is 743. The van der Waals surface area contributed by atoms with Crippen molar-refractivity contribution in [1.82, 2.24) is 0 Å². The predicted molar refractivity (Wildman–Crippen MR) is 79.3 cm³/mol. The quantitative estimate of drug-likeness (QED) is 0.671. The van der Waals surface area contributed by atoms with Crippen molar-refractivity contribution in [3.8, 4) is 11.5 Å². The summed E-state index contributed by atoms with van der Waals surface area (Å²) in [6, 6.07) is 7.90. The van der Waals surface area contributed by atoms with Gasteiger partial charge in [-0.3, -0.25) is 9.59 Å². The molecule has 0 spiro atoms. The van der Waals surface area contributed by atoms with Gasteiger partial charge in [-0.05, 0) is 22.9 Å². The Morgan fingerprint density at radius 3 is 2.09 bits per heavy atom. The molecule has 0 saturated carbocycles. The van der Waals surface area contributed by atoms with E-state index in [1.807, 2.05) is 0 Å². The number of ether oxygens (including phenoxy) is 2. The number of carbonyl (C=O) groups is 2. The molecule has 0 bridgehead atoms. The Hall–Kier alpha value is -2.80. The normalized spacial score (nSPS) is 11.2. The van der Waals surface area contributed by atoms with Crippen LogP contribution in [-0.4, -0.2) is 31.1 Å². The van der Waals surface area contributed by atoms with Crippen LogP contribution < -0.4 is 20.9 Å². The molecular weight excluding hydrogens is 288 g/mol. The number of carbonyl (C=O) groups excluding carboxylic acids is 2. The minimum absolute atomic E-state index is 0.00838. The first-order valence-corrected chi connectivity index (χ1v) is 6.33. The van der Waals surface area contributed by atoms with Gasteiger partial charge in [-0.25, -0.2) is 0 Å². The summed E-state index contributed by atoms with van der Waals surface area (Å²) in [6.07, 6.45) is 0. The van der Waals surface area contributed by atoms with Crippen LogP contribution in [0.25, 0.3) is 10.8 Å². The van der Waals surface area contributed by atoms with Gasteiger partial charge in [0.15, 0.2) is 11.5 Å². The van der Waals surface area contributed by atoms with Crippen LogP contribution in [0.5, 0.6) is 11.5 Å². The van der Waals surface area contributed by atoms with Crippen LogP contribution in [0, 0.1) is 0 Å². The number of rotatable bonds is 5. The van der Waals surface area contributed by atoms with Gasteiger partial charge < -0.3 is 26.0 Å². The number of hydrogen-bond acceptors (Lipinski definition) is 5. The van der Waals surface area contributed by atoms with E-state index in [1.54, 1.807) is 24.3 Å². The lowest BCUT2D eigenvalue weighted by Crippen LogP contribution is -2.51. The topological polar surface area (TPSA) is 125 Å². The van der Waals surface area contributed by atoms with E-state index in [9.17, 15) is 14.7 Å². The summed E-state index contributed by atoms with van der Waals surface area (Å²) in [5, 5.41) is 11.4. The first-order valence-electron chi connectivity index (χ1n) is 6.33. The molecule has 0 aliphatic rings. The third kappa shape index (κ3) is 2.21. The van der Waals surface area contributed by atoms with Crippen molar-refractivity contribution < 1.29 is 24.2 Å². The highest BCUT2D eigenvalue weighted by atomic mass is 16.5. The van der Waals surface area contributed by atoms with Crippen molar-refractivity contribution >= 4 is 22.6 Å². The maximum absolute atomic E-state index is 11.6. The molecule has 2 amide bonds. The average molecular weight is 304 g/mol. The lowest BCUT2D eigenvalue weighted by atomic mass is 9.88. The van der Waals surface area contributed by atoms with Crippen molar-refractivity contribution in [2.24, 2.45) is 11.5 Å². The minimum atomic E-state index is -2.61. The van der Waals surface area contributed by atoms with Crippen LogP contribution in [0.2, 0.25) is 0 Å². The van der Waals surface area contributed by atoms with Crippen LogP contribution in [0.3, 0.4) is 0 Å². The molecule has 116 valence electrons. The maximum atomic E-state index is 11.6. The van der Waals surface area contributed by atoms with Crippen LogP contribution in [-0.2, 0) is 15.2 Å². The lowest BCUT2D eigenvalue weighted by molar-refractivity contribution is -0.150. The summed E-state index contributed by atoms with van der Waals surface area (Å²) < 4.78 is 10.4. The molecule has 7 heteroatoms. The molecule has 7 nitrogen and oxygen atoms in total. The fourth-order valence-electron chi connectivity index (χ4n) is 2.31. The van der Waals surface area contributed by atoms with Crippen molar-refractivity contribution in [3.05, 3.63) is 35.9 Å². The first-order chi connectivity index (χ1) is 10.4. The SMILES string of the molecule is COc1cc2cccc(C(O)(C(N)=O)C(N)=O)c2cc1OC. The van der Waals surface area contributed by atoms with E-state index < -0.39 is 17.4 Å². The van der Waals surface area contributed by atoms with Crippen molar-refractivity contribution in [2.75, 3.05) is 14.2 Å². The molecule has 0 aromatic heterocycles. The summed E-state index contributed by atoms with van der Waals surface area (Å²) in [4.78, 5) is 23.2. The van der Waals surface area contributed by atoms with Crippen LogP contribution in [0.1, 0.15) is 5.56 Å². The van der Waals surface area contributed by atoms with E-state index in [0.717, 1.165) is 0 Å². The third-order valence-corrected chi connectivity index (χ3v) is 3.49. The van der Waals surface area contributed by atoms with Crippen LogP contribution >= 0.6 is 0 Å². The van der Waals surface area contributed by atoms with E-state index in [0.29, 0.717) is 22.3 Å². The van der Waals surface area contributed by atoms with E-state index in [-0.39, 0.29) is 5.56 Å². The number of nitrogens with two attached hydrogens (primary N) is 2. The highest BCUT2D eigenvalue weighted by molar-refractivity contribution is 6.10. The van der Waals surface area contributed by atoms with Gasteiger partial charge in [0.2, 0.25) is 5.60 Å². The molecule has 5 N–H and O–H groups in total. The minimum Gasteiger partial charge on any atom is -0.493 e. The summed E-state index contributed by atoms with van der Waals surface area (Å²) >= 11 is 0. The molecular formula is C15H16N2O5. The second-order valence-electron chi connectivity index (χ2n) is 4.67. The van der Waals surface area contributed by atoms with E-state index in [2.05, 4.69) is 0 Å². The zero-order valence-corrected chi connectivity index (χ0v) is 12.1. The van der Waals surface area contributed by atoms with Crippen LogP contribution in [0.15, 0.2) is 30.3 Å². The van der Waals surface area contributed by atoms with Gasteiger partial charge in [0.25, 0.3) is 11.8 Å². The summed E-state index contributed by atoms with van der Waals surface area (Å²) in [5.74, 6) is -1.66. The fraction of sp³-hybridized carbons (Fsp3) is 0.200. The summed E-state index contributed by atoms with van der Waals surface area (Å²) in [5.41, 5.74) is 7.73. The highest BCUT2D eigenvalue weighted by Gasteiger charge is 2.43. The molecule has 2 aromatic rings. The third-order valence-electron chi connectivity index (χ3n) is 3.49. The smallest absolute Gasteiger partial charge is 0.264 e. The fourth-order valence-corrected chi connectivity index (χ4v) is 2.31. The number of aliphatic hydroxyl groups is 1. The van der Waals surface area contributed by atoms with Crippen molar-refractivity contribution in [2.45, 2.75) is 5.60 Å². The molecule has 0 unspecified atom stereocenters. The molecule has 2 aromatic carbocycles. The van der Waals surface area contributed by atoms with Gasteiger partial charge in [0, 0.05) is 5.56 Å². The number of methoxy groups -OCH3 is 2. The van der Waals surface area contributed by atoms with Gasteiger partial charge in [-0.1, -0.05) is 18.2 Å². The molecule has 0 fully saturated rings. The second kappa shape index (κ2) is 5.53. The molecule has 0 aliphatic carbocycles. The van der Waals surface area contributed by atoms with Gasteiger partial charge >= 0.3 is 0 Å². The molecule has 0 aliphatic heterocycles. The summed E-state index contributed by atoms with van der Waals surface area (Å²) in [7, 11) is 2.93. The molecule has 0 radical (unpaired) electrons. The van der Waals surface area contributed by atoms with Crippen molar-refractivity contribution in [3.63, 3.8) is 0 Å². The zero-order valence-electron chi connectivity index (χ0n) is 12.1. The largest absolute Gasteiger partial charge is 0.493 e.